The lowest BCUT2D eigenvalue weighted by molar-refractivity contribution is -0.148. The summed E-state index contributed by atoms with van der Waals surface area (Å²) in [6, 6.07) is 14.8. The average molecular weight is 378 g/mol. The molecule has 6 heteroatoms. The minimum atomic E-state index is -1.11. The van der Waals surface area contributed by atoms with E-state index in [1.807, 2.05) is 30.3 Å². The van der Waals surface area contributed by atoms with E-state index in [4.69, 9.17) is 4.74 Å². The van der Waals surface area contributed by atoms with Crippen LogP contribution in [0.2, 0.25) is 0 Å². The van der Waals surface area contributed by atoms with Crippen molar-refractivity contribution < 1.29 is 19.4 Å². The molecule has 0 spiro atoms. The number of hydrogen-bond donors (Lipinski definition) is 2. The molecule has 2 N–H and O–H groups in total. The monoisotopic (exact) mass is 377 g/mol. The van der Waals surface area contributed by atoms with Gasteiger partial charge in [-0.1, -0.05) is 52.3 Å². The van der Waals surface area contributed by atoms with Gasteiger partial charge in [0.05, 0.1) is 6.61 Å². The molecule has 0 radical (unpaired) electrons. The number of aliphatic hydroxyl groups is 1. The Bertz CT molecular complexity index is 675. The highest BCUT2D eigenvalue weighted by atomic mass is 79.9. The highest BCUT2D eigenvalue weighted by molar-refractivity contribution is 9.10. The molecule has 2 aromatic carbocycles. The van der Waals surface area contributed by atoms with Crippen molar-refractivity contribution in [1.29, 1.82) is 0 Å². The van der Waals surface area contributed by atoms with Crippen LogP contribution in [-0.4, -0.2) is 29.6 Å². The first kappa shape index (κ1) is 17.2. The van der Waals surface area contributed by atoms with Crippen LogP contribution in [0.4, 0.5) is 0 Å². The van der Waals surface area contributed by atoms with Gasteiger partial charge in [-0.2, -0.15) is 0 Å². The number of halogens is 1. The molecule has 1 atom stereocenters. The van der Waals surface area contributed by atoms with E-state index in [0.29, 0.717) is 5.56 Å². The van der Waals surface area contributed by atoms with E-state index in [9.17, 15) is 14.7 Å². The van der Waals surface area contributed by atoms with Crippen LogP contribution >= 0.6 is 15.9 Å². The zero-order chi connectivity index (χ0) is 16.7. The van der Waals surface area contributed by atoms with Gasteiger partial charge < -0.3 is 15.2 Å². The van der Waals surface area contributed by atoms with Gasteiger partial charge in [-0.05, 0) is 23.8 Å². The molecular formula is C17H16BrNO4. The number of aliphatic hydroxyl groups excluding tert-OH is 1. The van der Waals surface area contributed by atoms with Crippen molar-refractivity contribution in [3.8, 4) is 0 Å². The molecule has 23 heavy (non-hydrogen) atoms. The molecule has 0 saturated heterocycles. The van der Waals surface area contributed by atoms with Gasteiger partial charge in [0.15, 0.2) is 6.04 Å². The van der Waals surface area contributed by atoms with E-state index in [1.165, 1.54) is 0 Å². The van der Waals surface area contributed by atoms with Gasteiger partial charge in [0, 0.05) is 10.0 Å². The lowest BCUT2D eigenvalue weighted by Crippen LogP contribution is -2.44. The minimum absolute atomic E-state index is 0.0862. The largest absolute Gasteiger partial charge is 0.459 e. The Morgan fingerprint density at radius 3 is 2.52 bits per heavy atom. The standard InChI is InChI=1S/C17H16BrNO4/c18-14-8-4-7-13(9-14)16(21)19-15(10-20)17(22)23-11-12-5-2-1-3-6-12/h1-9,15,20H,10-11H2,(H,19,21)/t15-/m0/s1. The van der Waals surface area contributed by atoms with E-state index >= 15 is 0 Å². The van der Waals surface area contributed by atoms with Gasteiger partial charge in [0.25, 0.3) is 5.91 Å². The van der Waals surface area contributed by atoms with Crippen molar-refractivity contribution in [2.45, 2.75) is 12.6 Å². The van der Waals surface area contributed by atoms with E-state index in [1.54, 1.807) is 24.3 Å². The first-order chi connectivity index (χ1) is 11.1. The summed E-state index contributed by atoms with van der Waals surface area (Å²) in [6.07, 6.45) is 0. The Morgan fingerprint density at radius 1 is 1.13 bits per heavy atom. The predicted molar refractivity (Wildman–Crippen MR) is 88.7 cm³/mol. The number of rotatable bonds is 6. The molecular weight excluding hydrogens is 362 g/mol. The fourth-order valence-electron chi connectivity index (χ4n) is 1.88. The molecule has 0 saturated carbocycles. The SMILES string of the molecule is O=C(N[C@@H](CO)C(=O)OCc1ccccc1)c1cccc(Br)c1. The molecule has 2 rings (SSSR count). The van der Waals surface area contributed by atoms with E-state index in [-0.39, 0.29) is 6.61 Å². The molecule has 120 valence electrons. The fraction of sp³-hybridized carbons (Fsp3) is 0.176. The average Bonchev–Trinajstić information content (AvgIpc) is 2.58. The van der Waals surface area contributed by atoms with Crippen LogP contribution in [0.15, 0.2) is 59.1 Å². The van der Waals surface area contributed by atoms with Gasteiger partial charge in [0.2, 0.25) is 0 Å². The summed E-state index contributed by atoms with van der Waals surface area (Å²) in [4.78, 5) is 24.1. The second-order valence-corrected chi connectivity index (χ2v) is 5.73. The van der Waals surface area contributed by atoms with Crippen LogP contribution in [0, 0.1) is 0 Å². The predicted octanol–water partition coefficient (Wildman–Crippen LogP) is 2.28. The molecule has 0 aromatic heterocycles. The molecule has 0 aliphatic carbocycles. The number of carbonyl (C=O) groups is 2. The number of ether oxygens (including phenoxy) is 1. The molecule has 0 fully saturated rings. The molecule has 0 aliphatic rings. The Labute approximate surface area is 142 Å². The summed E-state index contributed by atoms with van der Waals surface area (Å²) in [5, 5.41) is 11.8. The van der Waals surface area contributed by atoms with Gasteiger partial charge >= 0.3 is 5.97 Å². The Balaban J connectivity index is 1.93. The van der Waals surface area contributed by atoms with E-state index in [0.717, 1.165) is 10.0 Å². The van der Waals surface area contributed by atoms with Crippen LogP contribution in [0.3, 0.4) is 0 Å². The third kappa shape index (κ3) is 5.19. The Morgan fingerprint density at radius 2 is 1.87 bits per heavy atom. The van der Waals surface area contributed by atoms with Crippen molar-refractivity contribution in [2.24, 2.45) is 0 Å². The number of benzene rings is 2. The summed E-state index contributed by atoms with van der Waals surface area (Å²) in [6.45, 7) is -0.448. The third-order valence-electron chi connectivity index (χ3n) is 3.08. The quantitative estimate of drug-likeness (QED) is 0.757. The summed E-state index contributed by atoms with van der Waals surface area (Å²) in [5.41, 5.74) is 1.21. The molecule has 5 nitrogen and oxygen atoms in total. The second-order valence-electron chi connectivity index (χ2n) is 4.81. The van der Waals surface area contributed by atoms with Crippen molar-refractivity contribution >= 4 is 27.8 Å². The first-order valence-electron chi connectivity index (χ1n) is 6.98. The minimum Gasteiger partial charge on any atom is -0.459 e. The number of hydrogen-bond acceptors (Lipinski definition) is 4. The lowest BCUT2D eigenvalue weighted by Gasteiger charge is -2.15. The number of esters is 1. The second kappa shape index (κ2) is 8.45. The zero-order valence-corrected chi connectivity index (χ0v) is 13.8. The van der Waals surface area contributed by atoms with Crippen LogP contribution < -0.4 is 5.32 Å². The molecule has 0 aliphatic heterocycles. The van der Waals surface area contributed by atoms with Crippen LogP contribution in [-0.2, 0) is 16.1 Å². The Hall–Kier alpha value is -2.18. The third-order valence-corrected chi connectivity index (χ3v) is 3.58. The number of carbonyl (C=O) groups excluding carboxylic acids is 2. The van der Waals surface area contributed by atoms with Crippen molar-refractivity contribution in [1.82, 2.24) is 5.32 Å². The summed E-state index contributed by atoms with van der Waals surface area (Å²) < 4.78 is 5.87. The van der Waals surface area contributed by atoms with Crippen molar-refractivity contribution in [2.75, 3.05) is 6.61 Å². The van der Waals surface area contributed by atoms with E-state index < -0.39 is 24.5 Å². The first-order valence-corrected chi connectivity index (χ1v) is 7.77. The van der Waals surface area contributed by atoms with Gasteiger partial charge in [0.1, 0.15) is 6.61 Å². The lowest BCUT2D eigenvalue weighted by atomic mass is 10.2. The molecule has 0 unspecified atom stereocenters. The highest BCUT2D eigenvalue weighted by Gasteiger charge is 2.22. The highest BCUT2D eigenvalue weighted by Crippen LogP contribution is 2.11. The normalized spacial score (nSPS) is 11.6. The molecule has 0 heterocycles. The topological polar surface area (TPSA) is 75.6 Å². The molecule has 0 bridgehead atoms. The van der Waals surface area contributed by atoms with Crippen molar-refractivity contribution in [3.05, 3.63) is 70.2 Å². The summed E-state index contributed by atoms with van der Waals surface area (Å²) >= 11 is 3.27. The maximum Gasteiger partial charge on any atom is 0.331 e. The van der Waals surface area contributed by atoms with Crippen LogP contribution in [0.5, 0.6) is 0 Å². The van der Waals surface area contributed by atoms with E-state index in [2.05, 4.69) is 21.2 Å². The van der Waals surface area contributed by atoms with Crippen molar-refractivity contribution in [3.63, 3.8) is 0 Å². The van der Waals surface area contributed by atoms with Gasteiger partial charge in [-0.25, -0.2) is 4.79 Å². The summed E-state index contributed by atoms with van der Waals surface area (Å²) in [7, 11) is 0. The van der Waals surface area contributed by atoms with Gasteiger partial charge in [-0.3, -0.25) is 4.79 Å². The zero-order valence-electron chi connectivity index (χ0n) is 12.2. The molecule has 1 amide bonds. The number of amides is 1. The van der Waals surface area contributed by atoms with Gasteiger partial charge in [-0.15, -0.1) is 0 Å². The summed E-state index contributed by atoms with van der Waals surface area (Å²) in [5.74, 6) is -1.14. The molecule has 2 aromatic rings. The van der Waals surface area contributed by atoms with Crippen LogP contribution in [0.1, 0.15) is 15.9 Å². The van der Waals surface area contributed by atoms with Crippen LogP contribution in [0.25, 0.3) is 0 Å². The number of nitrogens with one attached hydrogen (secondary N) is 1. The maximum atomic E-state index is 12.1. The Kier molecular flexibility index (Phi) is 6.31. The smallest absolute Gasteiger partial charge is 0.331 e. The maximum absolute atomic E-state index is 12.1. The fourth-order valence-corrected chi connectivity index (χ4v) is 2.28.